The van der Waals surface area contributed by atoms with Crippen LogP contribution in [0.15, 0.2) is 6.33 Å². The molecule has 8 heteroatoms. The number of hydrogen-bond donors (Lipinski definition) is 1. The fourth-order valence-electron chi connectivity index (χ4n) is 2.10. The van der Waals surface area contributed by atoms with Gasteiger partial charge in [0.15, 0.2) is 18.1 Å². The first-order valence-corrected chi connectivity index (χ1v) is 6.93. The predicted octanol–water partition coefficient (Wildman–Crippen LogP) is 0.923. The van der Waals surface area contributed by atoms with Gasteiger partial charge in [0, 0.05) is 13.6 Å². The summed E-state index contributed by atoms with van der Waals surface area (Å²) in [4.78, 5) is 16.2. The van der Waals surface area contributed by atoms with Crippen molar-refractivity contribution in [3.05, 3.63) is 23.5 Å². The Labute approximate surface area is 122 Å². The largest absolute Gasteiger partial charge is 0.453 e. The van der Waals surface area contributed by atoms with Crippen LogP contribution in [0.25, 0.3) is 0 Å². The number of nitrogens with two attached hydrogens (primary N) is 1. The molecule has 0 aliphatic rings. The third kappa shape index (κ3) is 3.04. The summed E-state index contributed by atoms with van der Waals surface area (Å²) in [6.45, 7) is 4.77. The maximum Gasteiger partial charge on any atom is 0.359 e. The molecule has 8 nitrogen and oxygen atoms in total. The number of anilines is 1. The van der Waals surface area contributed by atoms with Crippen molar-refractivity contribution in [2.75, 3.05) is 5.73 Å². The van der Waals surface area contributed by atoms with Crippen LogP contribution in [-0.4, -0.2) is 30.5 Å². The number of rotatable bonds is 6. The number of carbonyl (C=O) groups is 1. The van der Waals surface area contributed by atoms with E-state index in [4.69, 9.17) is 10.5 Å². The van der Waals surface area contributed by atoms with Gasteiger partial charge in [-0.15, -0.1) is 0 Å². The second-order valence-corrected chi connectivity index (χ2v) is 4.66. The van der Waals surface area contributed by atoms with E-state index in [-0.39, 0.29) is 12.3 Å². The summed E-state index contributed by atoms with van der Waals surface area (Å²) in [6.07, 6.45) is 3.04. The number of esters is 1. The summed E-state index contributed by atoms with van der Waals surface area (Å²) < 4.78 is 8.45. The summed E-state index contributed by atoms with van der Waals surface area (Å²) in [5.74, 6) is 0.106. The highest BCUT2D eigenvalue weighted by Crippen LogP contribution is 2.18. The summed E-state index contributed by atoms with van der Waals surface area (Å²) in [5, 5.41) is 8.28. The van der Waals surface area contributed by atoms with Crippen LogP contribution in [0, 0.1) is 0 Å². The molecule has 0 bridgehead atoms. The molecule has 2 aromatic heterocycles. The van der Waals surface area contributed by atoms with Crippen LogP contribution < -0.4 is 5.73 Å². The van der Waals surface area contributed by atoms with Crippen LogP contribution in [0.4, 0.5) is 5.69 Å². The molecule has 2 rings (SSSR count). The summed E-state index contributed by atoms with van der Waals surface area (Å²) >= 11 is 0. The van der Waals surface area contributed by atoms with E-state index in [1.807, 2.05) is 13.8 Å². The fraction of sp³-hybridized carbons (Fsp3) is 0.538. The van der Waals surface area contributed by atoms with Crippen LogP contribution >= 0.6 is 0 Å². The maximum atomic E-state index is 12.2. The molecule has 0 atom stereocenters. The first kappa shape index (κ1) is 15.0. The lowest BCUT2D eigenvalue weighted by Crippen LogP contribution is -2.15. The molecular weight excluding hydrogens is 272 g/mol. The molecule has 0 aliphatic carbocycles. The van der Waals surface area contributed by atoms with Gasteiger partial charge in [-0.1, -0.05) is 13.8 Å². The minimum atomic E-state index is -0.506. The fourth-order valence-corrected chi connectivity index (χ4v) is 2.10. The molecular formula is C13H20N6O2. The van der Waals surface area contributed by atoms with Gasteiger partial charge in [-0.05, 0) is 12.8 Å². The first-order valence-electron chi connectivity index (χ1n) is 6.93. The van der Waals surface area contributed by atoms with E-state index in [1.54, 1.807) is 11.7 Å². The second-order valence-electron chi connectivity index (χ2n) is 4.66. The second kappa shape index (κ2) is 6.38. The van der Waals surface area contributed by atoms with E-state index in [9.17, 15) is 4.79 Å². The highest BCUT2D eigenvalue weighted by atomic mass is 16.5. The van der Waals surface area contributed by atoms with E-state index >= 15 is 0 Å². The predicted molar refractivity (Wildman–Crippen MR) is 76.4 cm³/mol. The van der Waals surface area contributed by atoms with Crippen LogP contribution in [0.3, 0.4) is 0 Å². The molecule has 0 radical (unpaired) electrons. The number of aryl methyl sites for hydroxylation is 3. The van der Waals surface area contributed by atoms with E-state index < -0.39 is 5.97 Å². The normalized spacial score (nSPS) is 10.8. The van der Waals surface area contributed by atoms with E-state index in [2.05, 4.69) is 15.2 Å². The Balaban J connectivity index is 2.08. The molecule has 2 heterocycles. The lowest BCUT2D eigenvalue weighted by atomic mass is 10.2. The van der Waals surface area contributed by atoms with Gasteiger partial charge in [0.2, 0.25) is 0 Å². The Morgan fingerprint density at radius 3 is 2.81 bits per heavy atom. The number of aromatic nitrogens is 5. The number of carbonyl (C=O) groups excluding carboxylic acids is 1. The van der Waals surface area contributed by atoms with Crippen LogP contribution in [0.1, 0.15) is 42.3 Å². The molecule has 0 saturated heterocycles. The van der Waals surface area contributed by atoms with E-state index in [0.717, 1.165) is 13.0 Å². The lowest BCUT2D eigenvalue weighted by molar-refractivity contribution is 0.0445. The molecule has 0 aromatic carbocycles. The lowest BCUT2D eigenvalue weighted by Gasteiger charge is -2.07. The molecule has 114 valence electrons. The summed E-state index contributed by atoms with van der Waals surface area (Å²) in [7, 11) is 1.67. The minimum Gasteiger partial charge on any atom is -0.453 e. The third-order valence-electron chi connectivity index (χ3n) is 3.15. The monoisotopic (exact) mass is 292 g/mol. The van der Waals surface area contributed by atoms with Gasteiger partial charge in [0.25, 0.3) is 0 Å². The minimum absolute atomic E-state index is 0.0604. The Morgan fingerprint density at radius 1 is 1.43 bits per heavy atom. The average molecular weight is 292 g/mol. The van der Waals surface area contributed by atoms with Crippen molar-refractivity contribution in [1.29, 1.82) is 0 Å². The van der Waals surface area contributed by atoms with Crippen molar-refractivity contribution in [2.45, 2.75) is 39.8 Å². The molecule has 2 aromatic rings. The van der Waals surface area contributed by atoms with Crippen molar-refractivity contribution in [3.8, 4) is 0 Å². The van der Waals surface area contributed by atoms with E-state index in [0.29, 0.717) is 23.6 Å². The molecule has 2 N–H and O–H groups in total. The van der Waals surface area contributed by atoms with Gasteiger partial charge >= 0.3 is 5.97 Å². The van der Waals surface area contributed by atoms with Gasteiger partial charge in [0.1, 0.15) is 6.33 Å². The Hall–Kier alpha value is -2.38. The van der Waals surface area contributed by atoms with Crippen LogP contribution in [0.2, 0.25) is 0 Å². The SMILES string of the molecule is CCCn1ncnc1COC(=O)c1c(N)c(CC)nn1C. The maximum absolute atomic E-state index is 12.2. The topological polar surface area (TPSA) is 101 Å². The first-order chi connectivity index (χ1) is 10.1. The van der Waals surface area contributed by atoms with Crippen molar-refractivity contribution in [2.24, 2.45) is 7.05 Å². The van der Waals surface area contributed by atoms with Crippen LogP contribution in [0.5, 0.6) is 0 Å². The molecule has 0 spiro atoms. The van der Waals surface area contributed by atoms with Gasteiger partial charge in [-0.2, -0.15) is 10.2 Å². The highest BCUT2D eigenvalue weighted by molar-refractivity contribution is 5.93. The molecule has 0 saturated carbocycles. The standard InChI is InChI=1S/C13H20N6O2/c1-4-6-19-10(15-8-16-19)7-21-13(20)12-11(14)9(5-2)17-18(12)3/h8H,4-7,14H2,1-3H3. The van der Waals surface area contributed by atoms with Crippen LogP contribution in [-0.2, 0) is 31.4 Å². The number of nitrogen functional groups attached to an aromatic ring is 1. The molecule has 0 amide bonds. The highest BCUT2D eigenvalue weighted by Gasteiger charge is 2.21. The summed E-state index contributed by atoms with van der Waals surface area (Å²) in [6, 6.07) is 0. The van der Waals surface area contributed by atoms with Gasteiger partial charge < -0.3 is 10.5 Å². The zero-order chi connectivity index (χ0) is 15.4. The molecule has 21 heavy (non-hydrogen) atoms. The molecule has 0 fully saturated rings. The van der Waals surface area contributed by atoms with Gasteiger partial charge in [0.05, 0.1) is 11.4 Å². The smallest absolute Gasteiger partial charge is 0.359 e. The third-order valence-corrected chi connectivity index (χ3v) is 3.15. The van der Waals surface area contributed by atoms with E-state index in [1.165, 1.54) is 11.0 Å². The molecule has 0 aliphatic heterocycles. The zero-order valence-corrected chi connectivity index (χ0v) is 12.5. The Kier molecular flexibility index (Phi) is 4.56. The van der Waals surface area contributed by atoms with Gasteiger partial charge in [-0.25, -0.2) is 14.5 Å². The Morgan fingerprint density at radius 2 is 2.19 bits per heavy atom. The number of hydrogen-bond acceptors (Lipinski definition) is 6. The zero-order valence-electron chi connectivity index (χ0n) is 12.5. The molecule has 0 unspecified atom stereocenters. The number of ether oxygens (including phenoxy) is 1. The quantitative estimate of drug-likeness (QED) is 0.795. The summed E-state index contributed by atoms with van der Waals surface area (Å²) in [5.41, 5.74) is 7.26. The van der Waals surface area contributed by atoms with Gasteiger partial charge in [-0.3, -0.25) is 4.68 Å². The van der Waals surface area contributed by atoms with Crippen molar-refractivity contribution < 1.29 is 9.53 Å². The average Bonchev–Trinajstić information content (AvgIpc) is 3.01. The Bertz CT molecular complexity index is 631. The van der Waals surface area contributed by atoms with Crippen molar-refractivity contribution >= 4 is 11.7 Å². The van der Waals surface area contributed by atoms with Crippen molar-refractivity contribution in [3.63, 3.8) is 0 Å². The van der Waals surface area contributed by atoms with Crippen molar-refractivity contribution in [1.82, 2.24) is 24.5 Å². The number of nitrogens with zero attached hydrogens (tertiary/aromatic N) is 5.